The third-order valence-electron chi connectivity index (χ3n) is 4.46. The van der Waals surface area contributed by atoms with E-state index in [4.69, 9.17) is 0 Å². The summed E-state index contributed by atoms with van der Waals surface area (Å²) in [5.41, 5.74) is 2.85. The summed E-state index contributed by atoms with van der Waals surface area (Å²) in [5.74, 6) is 0. The van der Waals surface area contributed by atoms with Gasteiger partial charge in [0.05, 0.1) is 0 Å². The largest absolute Gasteiger partial charge is 0.369 e. The lowest BCUT2D eigenvalue weighted by atomic mass is 10.1. The molecule has 0 radical (unpaired) electrons. The van der Waals surface area contributed by atoms with Crippen LogP contribution in [0.3, 0.4) is 0 Å². The molecule has 0 bridgehead atoms. The predicted molar refractivity (Wildman–Crippen MR) is 92.9 cm³/mol. The highest BCUT2D eigenvalue weighted by Gasteiger charge is 2.22. The highest BCUT2D eigenvalue weighted by atomic mass is 79.9. The van der Waals surface area contributed by atoms with Crippen LogP contribution in [0, 0.1) is 0 Å². The van der Waals surface area contributed by atoms with E-state index in [1.54, 1.807) is 0 Å². The third-order valence-corrected chi connectivity index (χ3v) is 4.95. The zero-order valence-electron chi connectivity index (χ0n) is 12.9. The zero-order valence-corrected chi connectivity index (χ0v) is 14.5. The Morgan fingerprint density at radius 3 is 2.62 bits per heavy atom. The normalized spacial score (nSPS) is 20.0. The SMILES string of the molecule is CCCN1CCN(c2cc(Br)ccc2CNC2CC2)CC1. The standard InChI is InChI=1S/C17H26BrN3/c1-2-7-20-8-10-21(11-9-20)17-12-15(18)4-3-14(17)13-19-16-5-6-16/h3-4,12,16,19H,2,5-11,13H2,1H3. The predicted octanol–water partition coefficient (Wildman–Crippen LogP) is 3.23. The van der Waals surface area contributed by atoms with Gasteiger partial charge in [0.1, 0.15) is 0 Å². The van der Waals surface area contributed by atoms with Crippen LogP contribution >= 0.6 is 15.9 Å². The number of benzene rings is 1. The fourth-order valence-electron chi connectivity index (χ4n) is 3.05. The van der Waals surface area contributed by atoms with Crippen molar-refractivity contribution < 1.29 is 0 Å². The number of anilines is 1. The molecule has 3 nitrogen and oxygen atoms in total. The van der Waals surface area contributed by atoms with Gasteiger partial charge in [-0.05, 0) is 43.5 Å². The van der Waals surface area contributed by atoms with Crippen molar-refractivity contribution in [3.8, 4) is 0 Å². The molecule has 2 aliphatic rings. The second-order valence-electron chi connectivity index (χ2n) is 6.26. The first-order valence-corrected chi connectivity index (χ1v) is 9.04. The Bertz CT molecular complexity index is 465. The minimum Gasteiger partial charge on any atom is -0.369 e. The third kappa shape index (κ3) is 4.21. The smallest absolute Gasteiger partial charge is 0.0424 e. The molecule has 1 aromatic carbocycles. The van der Waals surface area contributed by atoms with Gasteiger partial charge >= 0.3 is 0 Å². The van der Waals surface area contributed by atoms with Crippen molar-refractivity contribution in [2.24, 2.45) is 0 Å². The lowest BCUT2D eigenvalue weighted by molar-refractivity contribution is 0.258. The number of nitrogens with one attached hydrogen (secondary N) is 1. The van der Waals surface area contributed by atoms with Crippen LogP contribution in [-0.2, 0) is 6.54 Å². The number of rotatable bonds is 6. The zero-order chi connectivity index (χ0) is 14.7. The van der Waals surface area contributed by atoms with Crippen LogP contribution < -0.4 is 10.2 Å². The first kappa shape index (κ1) is 15.3. The highest BCUT2D eigenvalue weighted by Crippen LogP contribution is 2.27. The lowest BCUT2D eigenvalue weighted by Gasteiger charge is -2.37. The van der Waals surface area contributed by atoms with Crippen molar-refractivity contribution in [1.29, 1.82) is 0 Å². The molecule has 0 atom stereocenters. The Morgan fingerprint density at radius 1 is 1.19 bits per heavy atom. The molecule has 1 aliphatic heterocycles. The van der Waals surface area contributed by atoms with E-state index in [-0.39, 0.29) is 0 Å². The van der Waals surface area contributed by atoms with Crippen LogP contribution in [0.5, 0.6) is 0 Å². The molecule has 2 fully saturated rings. The van der Waals surface area contributed by atoms with Gasteiger partial charge in [0, 0.05) is 48.9 Å². The van der Waals surface area contributed by atoms with E-state index in [9.17, 15) is 0 Å². The number of halogens is 1. The quantitative estimate of drug-likeness (QED) is 0.848. The van der Waals surface area contributed by atoms with Crippen LogP contribution in [0.25, 0.3) is 0 Å². The summed E-state index contributed by atoms with van der Waals surface area (Å²) in [4.78, 5) is 5.14. The lowest BCUT2D eigenvalue weighted by Crippen LogP contribution is -2.46. The molecule has 0 spiro atoms. The Labute approximate surface area is 136 Å². The van der Waals surface area contributed by atoms with Gasteiger partial charge in [-0.25, -0.2) is 0 Å². The average Bonchev–Trinajstić information content (AvgIpc) is 3.31. The van der Waals surface area contributed by atoms with Gasteiger partial charge in [0.15, 0.2) is 0 Å². The highest BCUT2D eigenvalue weighted by molar-refractivity contribution is 9.10. The average molecular weight is 352 g/mol. The van der Waals surface area contributed by atoms with Gasteiger partial charge in [-0.3, -0.25) is 4.90 Å². The van der Waals surface area contributed by atoms with Gasteiger partial charge in [-0.1, -0.05) is 28.9 Å². The summed E-state index contributed by atoms with van der Waals surface area (Å²) in [6.07, 6.45) is 3.95. The molecule has 1 N–H and O–H groups in total. The fraction of sp³-hybridized carbons (Fsp3) is 0.647. The summed E-state index contributed by atoms with van der Waals surface area (Å²) in [6.45, 7) is 9.18. The molecule has 0 amide bonds. The van der Waals surface area contributed by atoms with Crippen molar-refractivity contribution in [3.63, 3.8) is 0 Å². The number of hydrogen-bond donors (Lipinski definition) is 1. The van der Waals surface area contributed by atoms with Crippen molar-refractivity contribution in [2.45, 2.75) is 38.8 Å². The van der Waals surface area contributed by atoms with Gasteiger partial charge < -0.3 is 10.2 Å². The van der Waals surface area contributed by atoms with Crippen molar-refractivity contribution in [2.75, 3.05) is 37.6 Å². The Hall–Kier alpha value is -0.580. The molecule has 0 aromatic heterocycles. The maximum atomic E-state index is 3.65. The van der Waals surface area contributed by atoms with Crippen molar-refractivity contribution in [3.05, 3.63) is 28.2 Å². The first-order chi connectivity index (χ1) is 10.3. The molecule has 3 rings (SSSR count). The summed E-state index contributed by atoms with van der Waals surface area (Å²) in [5, 5.41) is 3.65. The minimum absolute atomic E-state index is 0.767. The van der Waals surface area contributed by atoms with Crippen molar-refractivity contribution >= 4 is 21.6 Å². The molecular weight excluding hydrogens is 326 g/mol. The molecule has 21 heavy (non-hydrogen) atoms. The number of hydrogen-bond acceptors (Lipinski definition) is 3. The molecule has 1 aliphatic carbocycles. The van der Waals surface area contributed by atoms with E-state index in [0.29, 0.717) is 0 Å². The monoisotopic (exact) mass is 351 g/mol. The minimum atomic E-state index is 0.767. The van der Waals surface area contributed by atoms with Gasteiger partial charge in [-0.2, -0.15) is 0 Å². The van der Waals surface area contributed by atoms with Crippen LogP contribution in [-0.4, -0.2) is 43.7 Å². The maximum absolute atomic E-state index is 3.65. The second kappa shape index (κ2) is 7.12. The van der Waals surface area contributed by atoms with Crippen LogP contribution in [0.15, 0.2) is 22.7 Å². The van der Waals surface area contributed by atoms with Gasteiger partial charge in [0.25, 0.3) is 0 Å². The molecule has 1 heterocycles. The Morgan fingerprint density at radius 2 is 1.95 bits per heavy atom. The summed E-state index contributed by atoms with van der Waals surface area (Å²) in [6, 6.07) is 7.50. The summed E-state index contributed by atoms with van der Waals surface area (Å²) < 4.78 is 1.18. The molecule has 1 aromatic rings. The van der Waals surface area contributed by atoms with E-state index >= 15 is 0 Å². The number of nitrogens with zero attached hydrogens (tertiary/aromatic N) is 2. The Balaban J connectivity index is 1.66. The summed E-state index contributed by atoms with van der Waals surface area (Å²) >= 11 is 3.63. The number of piperazine rings is 1. The molecule has 1 saturated heterocycles. The molecule has 4 heteroatoms. The molecule has 0 unspecified atom stereocenters. The topological polar surface area (TPSA) is 18.5 Å². The molecular formula is C17H26BrN3. The summed E-state index contributed by atoms with van der Waals surface area (Å²) in [7, 11) is 0. The Kier molecular flexibility index (Phi) is 5.19. The van der Waals surface area contributed by atoms with E-state index in [1.165, 1.54) is 54.6 Å². The fourth-order valence-corrected chi connectivity index (χ4v) is 3.40. The van der Waals surface area contributed by atoms with Gasteiger partial charge in [0.2, 0.25) is 0 Å². The van der Waals surface area contributed by atoms with Crippen LogP contribution in [0.4, 0.5) is 5.69 Å². The van der Waals surface area contributed by atoms with Crippen molar-refractivity contribution in [1.82, 2.24) is 10.2 Å². The van der Waals surface area contributed by atoms with E-state index in [0.717, 1.165) is 25.7 Å². The van der Waals surface area contributed by atoms with E-state index in [2.05, 4.69) is 56.2 Å². The molecule has 116 valence electrons. The van der Waals surface area contributed by atoms with Gasteiger partial charge in [-0.15, -0.1) is 0 Å². The van der Waals surface area contributed by atoms with E-state index < -0.39 is 0 Å². The van der Waals surface area contributed by atoms with Crippen LogP contribution in [0.1, 0.15) is 31.7 Å². The molecule has 1 saturated carbocycles. The second-order valence-corrected chi connectivity index (χ2v) is 7.17. The maximum Gasteiger partial charge on any atom is 0.0424 e. The van der Waals surface area contributed by atoms with Crippen LogP contribution in [0.2, 0.25) is 0 Å². The first-order valence-electron chi connectivity index (χ1n) is 8.25. The van der Waals surface area contributed by atoms with E-state index in [1.807, 2.05) is 0 Å².